The van der Waals surface area contributed by atoms with E-state index >= 15 is 0 Å². The molecule has 3 fully saturated rings. The Morgan fingerprint density at radius 2 is 2.04 bits per heavy atom. The van der Waals surface area contributed by atoms with Crippen molar-refractivity contribution in [3.05, 3.63) is 29.3 Å². The van der Waals surface area contributed by atoms with Gasteiger partial charge in [-0.05, 0) is 37.0 Å². The Labute approximate surface area is 159 Å². The summed E-state index contributed by atoms with van der Waals surface area (Å²) in [6, 6.07) is 7.23. The van der Waals surface area contributed by atoms with E-state index in [1.807, 2.05) is 4.90 Å². The summed E-state index contributed by atoms with van der Waals surface area (Å²) in [4.78, 5) is 30.5. The third-order valence-corrected chi connectivity index (χ3v) is 5.36. The first-order chi connectivity index (χ1) is 12.4. The van der Waals surface area contributed by atoms with Gasteiger partial charge in [-0.15, -0.1) is 0 Å². The number of rotatable bonds is 5. The maximum Gasteiger partial charge on any atom is 0.260 e. The largest absolute Gasteiger partial charge is 0.484 e. The molecule has 3 heterocycles. The van der Waals surface area contributed by atoms with Gasteiger partial charge in [0.25, 0.3) is 5.91 Å². The Balaban J connectivity index is 1.59. The average molecular weight is 380 g/mol. The van der Waals surface area contributed by atoms with Crippen molar-refractivity contribution in [1.29, 1.82) is 0 Å². The van der Waals surface area contributed by atoms with Crippen LogP contribution in [0, 0.1) is 5.92 Å². The molecule has 142 valence electrons. The molecular formula is C19H26ClN3O3. The fourth-order valence-electron chi connectivity index (χ4n) is 3.73. The summed E-state index contributed by atoms with van der Waals surface area (Å²) in [5.41, 5.74) is 0. The van der Waals surface area contributed by atoms with Gasteiger partial charge in [0, 0.05) is 44.8 Å². The number of carbonyl (C=O) groups excluding carboxylic acids is 2. The zero-order valence-electron chi connectivity index (χ0n) is 15.4. The SMILES string of the molecule is CN(C)C(=O)CN1C[C@H]2CC[C@@H](C1)N(C(=O)COc1cccc(Cl)c1)C2. The number of fused-ring (bicyclic) bond motifs is 4. The summed E-state index contributed by atoms with van der Waals surface area (Å²) >= 11 is 5.95. The van der Waals surface area contributed by atoms with Gasteiger partial charge >= 0.3 is 0 Å². The Kier molecular flexibility index (Phi) is 6.04. The number of nitrogens with zero attached hydrogens (tertiary/aromatic N) is 3. The second-order valence-electron chi connectivity index (χ2n) is 7.37. The maximum absolute atomic E-state index is 12.7. The predicted octanol–water partition coefficient (Wildman–Crippen LogP) is 1.73. The number of benzene rings is 1. The van der Waals surface area contributed by atoms with Crippen LogP contribution < -0.4 is 4.74 Å². The lowest BCUT2D eigenvalue weighted by atomic mass is 9.95. The first-order valence-corrected chi connectivity index (χ1v) is 9.40. The molecule has 3 aliphatic heterocycles. The molecule has 0 aromatic heterocycles. The van der Waals surface area contributed by atoms with Crippen molar-refractivity contribution in [2.45, 2.75) is 18.9 Å². The molecule has 2 bridgehead atoms. The van der Waals surface area contributed by atoms with Crippen molar-refractivity contribution in [2.24, 2.45) is 5.92 Å². The minimum Gasteiger partial charge on any atom is -0.484 e. The van der Waals surface area contributed by atoms with Crippen LogP contribution in [0.3, 0.4) is 0 Å². The van der Waals surface area contributed by atoms with Crippen LogP contribution in [0.25, 0.3) is 0 Å². The molecule has 2 atom stereocenters. The van der Waals surface area contributed by atoms with Gasteiger partial charge in [-0.2, -0.15) is 0 Å². The fraction of sp³-hybridized carbons (Fsp3) is 0.579. The van der Waals surface area contributed by atoms with E-state index in [0.29, 0.717) is 23.2 Å². The molecule has 7 heteroatoms. The van der Waals surface area contributed by atoms with Crippen LogP contribution in [0.15, 0.2) is 24.3 Å². The van der Waals surface area contributed by atoms with Crippen LogP contribution >= 0.6 is 11.6 Å². The van der Waals surface area contributed by atoms with E-state index in [9.17, 15) is 9.59 Å². The molecule has 3 saturated heterocycles. The highest BCUT2D eigenvalue weighted by Gasteiger charge is 2.37. The highest BCUT2D eigenvalue weighted by molar-refractivity contribution is 6.30. The number of hydrogen-bond acceptors (Lipinski definition) is 4. The highest BCUT2D eigenvalue weighted by Crippen LogP contribution is 2.28. The van der Waals surface area contributed by atoms with E-state index in [2.05, 4.69) is 4.90 Å². The quantitative estimate of drug-likeness (QED) is 0.781. The van der Waals surface area contributed by atoms with Gasteiger partial charge < -0.3 is 14.5 Å². The number of carbonyl (C=O) groups is 2. The molecule has 1 aromatic rings. The molecule has 26 heavy (non-hydrogen) atoms. The van der Waals surface area contributed by atoms with Gasteiger partial charge in [-0.1, -0.05) is 17.7 Å². The van der Waals surface area contributed by atoms with E-state index in [-0.39, 0.29) is 24.5 Å². The van der Waals surface area contributed by atoms with E-state index in [1.165, 1.54) is 0 Å². The lowest BCUT2D eigenvalue weighted by molar-refractivity contribution is -0.137. The monoisotopic (exact) mass is 379 g/mol. The van der Waals surface area contributed by atoms with Crippen molar-refractivity contribution in [1.82, 2.24) is 14.7 Å². The van der Waals surface area contributed by atoms with E-state index in [4.69, 9.17) is 16.3 Å². The van der Waals surface area contributed by atoms with Crippen LogP contribution in [0.4, 0.5) is 0 Å². The van der Waals surface area contributed by atoms with Crippen molar-refractivity contribution < 1.29 is 14.3 Å². The summed E-state index contributed by atoms with van der Waals surface area (Å²) in [5, 5.41) is 0.588. The summed E-state index contributed by atoms with van der Waals surface area (Å²) in [6.07, 6.45) is 2.09. The molecule has 3 aliphatic rings. The molecule has 0 spiro atoms. The van der Waals surface area contributed by atoms with E-state index in [1.54, 1.807) is 43.3 Å². The molecule has 0 N–H and O–H groups in total. The number of hydrogen-bond donors (Lipinski definition) is 0. The third kappa shape index (κ3) is 4.68. The zero-order chi connectivity index (χ0) is 18.7. The normalized spacial score (nSPS) is 22.8. The fourth-order valence-corrected chi connectivity index (χ4v) is 3.91. The van der Waals surface area contributed by atoms with Gasteiger partial charge in [-0.3, -0.25) is 14.5 Å². The Hall–Kier alpha value is -1.79. The Morgan fingerprint density at radius 3 is 2.77 bits per heavy atom. The second kappa shape index (κ2) is 8.27. The van der Waals surface area contributed by atoms with Crippen molar-refractivity contribution in [3.8, 4) is 5.75 Å². The van der Waals surface area contributed by atoms with Crippen LogP contribution in [0.2, 0.25) is 5.02 Å². The molecule has 0 aliphatic carbocycles. The highest BCUT2D eigenvalue weighted by atomic mass is 35.5. The van der Waals surface area contributed by atoms with Crippen LogP contribution in [0.1, 0.15) is 12.8 Å². The summed E-state index contributed by atoms with van der Waals surface area (Å²) in [5.74, 6) is 1.12. The van der Waals surface area contributed by atoms with Gasteiger partial charge in [-0.25, -0.2) is 0 Å². The number of amides is 2. The van der Waals surface area contributed by atoms with Gasteiger partial charge in [0.05, 0.1) is 6.54 Å². The van der Waals surface area contributed by atoms with Crippen molar-refractivity contribution in [2.75, 3.05) is 46.9 Å². The maximum atomic E-state index is 12.7. The smallest absolute Gasteiger partial charge is 0.260 e. The van der Waals surface area contributed by atoms with Gasteiger partial charge in [0.15, 0.2) is 6.61 Å². The van der Waals surface area contributed by atoms with E-state index in [0.717, 1.165) is 32.5 Å². The molecule has 0 radical (unpaired) electrons. The molecule has 1 aromatic carbocycles. The zero-order valence-corrected chi connectivity index (χ0v) is 16.1. The minimum absolute atomic E-state index is 0.000427. The molecule has 2 amide bonds. The molecule has 4 rings (SSSR count). The summed E-state index contributed by atoms with van der Waals surface area (Å²) in [6.45, 7) is 2.80. The predicted molar refractivity (Wildman–Crippen MR) is 100 cm³/mol. The average Bonchev–Trinajstić information content (AvgIpc) is 2.90. The van der Waals surface area contributed by atoms with Gasteiger partial charge in [0.2, 0.25) is 5.91 Å². The second-order valence-corrected chi connectivity index (χ2v) is 7.81. The topological polar surface area (TPSA) is 53.1 Å². The molecule has 0 saturated carbocycles. The standard InChI is InChI=1S/C19H26ClN3O3/c1-21(2)18(24)12-22-9-14-6-7-16(11-22)23(10-14)19(25)13-26-17-5-3-4-15(20)8-17/h3-5,8,14,16H,6-7,9-13H2,1-2H3/t14-,16+/m1/s1. The summed E-state index contributed by atoms with van der Waals surface area (Å²) in [7, 11) is 3.55. The van der Waals surface area contributed by atoms with Crippen LogP contribution in [-0.4, -0.2) is 79.4 Å². The molecular weight excluding hydrogens is 354 g/mol. The first kappa shape index (κ1) is 19.0. The first-order valence-electron chi connectivity index (χ1n) is 9.02. The molecule has 6 nitrogen and oxygen atoms in total. The molecule has 0 unspecified atom stereocenters. The Morgan fingerprint density at radius 1 is 1.23 bits per heavy atom. The lowest BCUT2D eigenvalue weighted by Crippen LogP contribution is -2.49. The van der Waals surface area contributed by atoms with Crippen LogP contribution in [-0.2, 0) is 9.59 Å². The minimum atomic E-state index is 0.000427. The summed E-state index contributed by atoms with van der Waals surface area (Å²) < 4.78 is 5.62. The number of likely N-dealkylation sites (N-methyl/N-ethyl adjacent to an activating group) is 1. The van der Waals surface area contributed by atoms with Crippen molar-refractivity contribution >= 4 is 23.4 Å². The number of halogens is 1. The van der Waals surface area contributed by atoms with Crippen molar-refractivity contribution in [3.63, 3.8) is 0 Å². The Bertz CT molecular complexity index is 667. The number of piperidine rings is 1. The van der Waals surface area contributed by atoms with Crippen LogP contribution in [0.5, 0.6) is 5.75 Å². The van der Waals surface area contributed by atoms with Gasteiger partial charge in [0.1, 0.15) is 5.75 Å². The van der Waals surface area contributed by atoms with E-state index < -0.39 is 0 Å². The third-order valence-electron chi connectivity index (χ3n) is 5.13. The number of ether oxygens (including phenoxy) is 1. The lowest BCUT2D eigenvalue weighted by Gasteiger charge is -2.36.